The van der Waals surface area contributed by atoms with Crippen molar-refractivity contribution in [1.82, 2.24) is 0 Å². The van der Waals surface area contributed by atoms with Crippen LogP contribution in [0.2, 0.25) is 0 Å². The van der Waals surface area contributed by atoms with Crippen molar-refractivity contribution in [3.63, 3.8) is 0 Å². The predicted octanol–water partition coefficient (Wildman–Crippen LogP) is 3.52. The van der Waals surface area contributed by atoms with Crippen LogP contribution in [0, 0.1) is 17.3 Å². The van der Waals surface area contributed by atoms with Crippen LogP contribution < -0.4 is 0 Å². The van der Waals surface area contributed by atoms with Gasteiger partial charge in [-0.15, -0.1) is 0 Å². The van der Waals surface area contributed by atoms with Crippen molar-refractivity contribution in [1.29, 1.82) is 0 Å². The van der Waals surface area contributed by atoms with Gasteiger partial charge in [-0.05, 0) is 61.5 Å². The quantitative estimate of drug-likeness (QED) is 0.767. The molecule has 0 unspecified atom stereocenters. The second-order valence-electron chi connectivity index (χ2n) is 7.37. The number of ketones is 1. The lowest BCUT2D eigenvalue weighted by Crippen LogP contribution is -2.42. The fourth-order valence-corrected chi connectivity index (χ4v) is 5.46. The molecule has 3 aliphatic carbocycles. The fourth-order valence-electron chi connectivity index (χ4n) is 5.46. The van der Waals surface area contributed by atoms with E-state index in [1.165, 1.54) is 6.07 Å². The number of aryl methyl sites for hydroxylation is 1. The molecule has 4 rings (SSSR count). The molecule has 112 valence electrons. The van der Waals surface area contributed by atoms with Crippen LogP contribution in [0.25, 0.3) is 0 Å². The highest BCUT2D eigenvalue weighted by atomic mass is 16.3. The molecule has 2 N–H and O–H groups in total. The van der Waals surface area contributed by atoms with Crippen LogP contribution in [-0.2, 0) is 11.2 Å². The summed E-state index contributed by atoms with van der Waals surface area (Å²) >= 11 is 0. The fraction of sp³-hybridized carbons (Fsp3) is 0.611. The first-order valence-electron chi connectivity index (χ1n) is 8.09. The Kier molecular flexibility index (Phi) is 2.66. The number of hydrogen-bond donors (Lipinski definition) is 2. The molecule has 21 heavy (non-hydrogen) atoms. The Labute approximate surface area is 125 Å². The molecule has 2 saturated carbocycles. The number of phenolic OH excluding ortho intramolecular Hbond substituents is 2. The summed E-state index contributed by atoms with van der Waals surface area (Å²) in [6, 6.07) is 3.27. The summed E-state index contributed by atoms with van der Waals surface area (Å²) in [5.74, 6) is 2.20. The summed E-state index contributed by atoms with van der Waals surface area (Å²) in [6.07, 6.45) is 5.66. The zero-order valence-corrected chi connectivity index (χ0v) is 12.4. The highest BCUT2D eigenvalue weighted by Crippen LogP contribution is 2.60. The Morgan fingerprint density at radius 3 is 2.76 bits per heavy atom. The van der Waals surface area contributed by atoms with Crippen molar-refractivity contribution in [2.45, 2.75) is 51.4 Å². The summed E-state index contributed by atoms with van der Waals surface area (Å²) < 4.78 is 0. The maximum absolute atomic E-state index is 12.3. The first-order chi connectivity index (χ1) is 10.0. The lowest BCUT2D eigenvalue weighted by molar-refractivity contribution is -0.129. The van der Waals surface area contributed by atoms with Gasteiger partial charge in [-0.1, -0.05) is 6.92 Å². The van der Waals surface area contributed by atoms with E-state index in [9.17, 15) is 15.0 Å². The minimum Gasteiger partial charge on any atom is -0.508 e. The number of hydrogen-bond acceptors (Lipinski definition) is 3. The predicted molar refractivity (Wildman–Crippen MR) is 79.4 cm³/mol. The first-order valence-corrected chi connectivity index (χ1v) is 8.09. The molecule has 1 aromatic carbocycles. The van der Waals surface area contributed by atoms with Crippen molar-refractivity contribution in [3.8, 4) is 11.5 Å². The molecule has 0 saturated heterocycles. The molecule has 2 fully saturated rings. The van der Waals surface area contributed by atoms with Crippen LogP contribution in [0.15, 0.2) is 12.1 Å². The van der Waals surface area contributed by atoms with E-state index in [0.717, 1.165) is 49.7 Å². The van der Waals surface area contributed by atoms with Crippen LogP contribution in [0.1, 0.15) is 56.1 Å². The number of carbonyl (C=O) groups excluding carboxylic acids is 1. The molecule has 4 atom stereocenters. The largest absolute Gasteiger partial charge is 0.508 e. The van der Waals surface area contributed by atoms with Gasteiger partial charge >= 0.3 is 0 Å². The van der Waals surface area contributed by atoms with E-state index >= 15 is 0 Å². The molecule has 3 heteroatoms. The third-order valence-electron chi connectivity index (χ3n) is 6.49. The normalized spacial score (nSPS) is 37.8. The van der Waals surface area contributed by atoms with E-state index < -0.39 is 0 Å². The third-order valence-corrected chi connectivity index (χ3v) is 6.49. The monoisotopic (exact) mass is 286 g/mol. The van der Waals surface area contributed by atoms with Crippen LogP contribution in [-0.4, -0.2) is 16.0 Å². The van der Waals surface area contributed by atoms with E-state index in [0.29, 0.717) is 23.5 Å². The molecule has 0 aliphatic heterocycles. The van der Waals surface area contributed by atoms with Gasteiger partial charge in [0.1, 0.15) is 17.3 Å². The molecular formula is C18H22O3. The molecule has 3 nitrogen and oxygen atoms in total. The summed E-state index contributed by atoms with van der Waals surface area (Å²) in [7, 11) is 0. The van der Waals surface area contributed by atoms with Crippen molar-refractivity contribution in [3.05, 3.63) is 23.3 Å². The van der Waals surface area contributed by atoms with Gasteiger partial charge in [-0.3, -0.25) is 4.79 Å². The molecular weight excluding hydrogens is 264 g/mol. The molecule has 3 aliphatic rings. The van der Waals surface area contributed by atoms with Gasteiger partial charge in [0.05, 0.1) is 0 Å². The number of fused-ring (bicyclic) bond motifs is 5. The average Bonchev–Trinajstić information content (AvgIpc) is 2.74. The Bertz CT molecular complexity index is 621. The van der Waals surface area contributed by atoms with Crippen LogP contribution >= 0.6 is 0 Å². The van der Waals surface area contributed by atoms with Crippen LogP contribution in [0.4, 0.5) is 0 Å². The summed E-state index contributed by atoms with van der Waals surface area (Å²) in [4.78, 5) is 12.3. The van der Waals surface area contributed by atoms with E-state index in [4.69, 9.17) is 0 Å². The minimum absolute atomic E-state index is 0.120. The minimum atomic E-state index is -0.120. The molecule has 0 bridgehead atoms. The molecule has 0 amide bonds. The molecule has 0 aromatic heterocycles. The van der Waals surface area contributed by atoms with E-state index in [1.807, 2.05) is 0 Å². The molecule has 1 aromatic rings. The summed E-state index contributed by atoms with van der Waals surface area (Å²) in [6.45, 7) is 2.16. The lowest BCUT2D eigenvalue weighted by atomic mass is 9.55. The molecule has 0 heterocycles. The number of phenols is 2. The van der Waals surface area contributed by atoms with E-state index in [2.05, 4.69) is 6.92 Å². The zero-order valence-electron chi connectivity index (χ0n) is 12.4. The third kappa shape index (κ3) is 1.69. The van der Waals surface area contributed by atoms with Gasteiger partial charge in [-0.2, -0.15) is 0 Å². The standard InChI is InChI=1S/C18H22O3/c1-18-7-6-13-12(14(18)4-5-16(18)21)3-2-10-8-11(19)9-15(20)17(10)13/h8-9,12-14,19-20H,2-7H2,1H3/t12-,13-,14-,18-/m0/s1. The maximum Gasteiger partial charge on any atom is 0.139 e. The Hall–Kier alpha value is -1.51. The number of Topliss-reactive ketones (excluding diaryl/α,β-unsaturated/α-hetero) is 1. The first kappa shape index (κ1) is 13.2. The zero-order chi connectivity index (χ0) is 14.8. The Morgan fingerprint density at radius 2 is 1.95 bits per heavy atom. The van der Waals surface area contributed by atoms with E-state index in [1.54, 1.807) is 6.07 Å². The number of aromatic hydroxyl groups is 2. The Morgan fingerprint density at radius 1 is 1.14 bits per heavy atom. The summed E-state index contributed by atoms with van der Waals surface area (Å²) in [5.41, 5.74) is 2.03. The smallest absolute Gasteiger partial charge is 0.139 e. The van der Waals surface area contributed by atoms with Gasteiger partial charge in [0.25, 0.3) is 0 Å². The topological polar surface area (TPSA) is 57.5 Å². The van der Waals surface area contributed by atoms with Crippen molar-refractivity contribution < 1.29 is 15.0 Å². The molecule has 0 spiro atoms. The highest BCUT2D eigenvalue weighted by Gasteiger charge is 2.54. The lowest BCUT2D eigenvalue weighted by Gasteiger charge is -2.48. The summed E-state index contributed by atoms with van der Waals surface area (Å²) in [5, 5.41) is 20.0. The number of benzene rings is 1. The van der Waals surface area contributed by atoms with Gasteiger partial charge in [-0.25, -0.2) is 0 Å². The Balaban J connectivity index is 1.77. The van der Waals surface area contributed by atoms with Gasteiger partial charge in [0.15, 0.2) is 0 Å². The van der Waals surface area contributed by atoms with Gasteiger partial charge in [0, 0.05) is 23.5 Å². The number of rotatable bonds is 0. The SMILES string of the molecule is C[C@]12CC[C@@H]3c4c(O)cc(O)cc4CC[C@@H]3[C@@H]1CCC2=O. The van der Waals surface area contributed by atoms with Crippen LogP contribution in [0.3, 0.4) is 0 Å². The van der Waals surface area contributed by atoms with Gasteiger partial charge in [0.2, 0.25) is 0 Å². The highest BCUT2D eigenvalue weighted by molar-refractivity contribution is 5.87. The molecule has 0 radical (unpaired) electrons. The average molecular weight is 286 g/mol. The number of carbonyl (C=O) groups is 1. The van der Waals surface area contributed by atoms with E-state index in [-0.39, 0.29) is 16.9 Å². The van der Waals surface area contributed by atoms with Gasteiger partial charge < -0.3 is 10.2 Å². The van der Waals surface area contributed by atoms with Crippen molar-refractivity contribution in [2.24, 2.45) is 17.3 Å². The van der Waals surface area contributed by atoms with Crippen LogP contribution in [0.5, 0.6) is 11.5 Å². The van der Waals surface area contributed by atoms with Crippen molar-refractivity contribution >= 4 is 5.78 Å². The second-order valence-corrected chi connectivity index (χ2v) is 7.37. The van der Waals surface area contributed by atoms with Crippen molar-refractivity contribution in [2.75, 3.05) is 0 Å². The second kappa shape index (κ2) is 4.25. The maximum atomic E-state index is 12.3.